The van der Waals surface area contributed by atoms with Crippen LogP contribution < -0.4 is 5.32 Å². The minimum atomic E-state index is 0.0451. The van der Waals surface area contributed by atoms with Gasteiger partial charge in [-0.2, -0.15) is 5.10 Å². The SMILES string of the molecule is COCCn1cc([C@H]2OCC[C@@H]2NCc2nccn2C(C)C)cn1. The molecule has 1 N–H and O–H groups in total. The van der Waals surface area contributed by atoms with Crippen LogP contribution in [0.25, 0.3) is 0 Å². The molecule has 24 heavy (non-hydrogen) atoms. The molecule has 1 aliphatic heterocycles. The van der Waals surface area contributed by atoms with Crippen LogP contribution in [-0.2, 0) is 22.6 Å². The molecular formula is C17H27N5O2. The van der Waals surface area contributed by atoms with Gasteiger partial charge in [-0.05, 0) is 20.3 Å². The molecule has 3 heterocycles. The summed E-state index contributed by atoms with van der Waals surface area (Å²) in [6.07, 6.45) is 8.89. The van der Waals surface area contributed by atoms with Crippen LogP contribution in [0.3, 0.4) is 0 Å². The molecule has 2 atom stereocenters. The van der Waals surface area contributed by atoms with Crippen LogP contribution in [0.1, 0.15) is 43.8 Å². The highest BCUT2D eigenvalue weighted by atomic mass is 16.5. The molecule has 1 saturated heterocycles. The average Bonchev–Trinajstić information content (AvgIpc) is 3.29. The van der Waals surface area contributed by atoms with E-state index in [9.17, 15) is 0 Å². The van der Waals surface area contributed by atoms with Crippen molar-refractivity contribution in [2.24, 2.45) is 0 Å². The highest BCUT2D eigenvalue weighted by molar-refractivity contribution is 5.13. The topological polar surface area (TPSA) is 66.1 Å². The number of hydrogen-bond donors (Lipinski definition) is 1. The molecule has 0 spiro atoms. The van der Waals surface area contributed by atoms with E-state index in [0.717, 1.165) is 37.5 Å². The van der Waals surface area contributed by atoms with Gasteiger partial charge in [0.1, 0.15) is 11.9 Å². The molecule has 0 aromatic carbocycles. The van der Waals surface area contributed by atoms with Gasteiger partial charge in [0.25, 0.3) is 0 Å². The molecular weight excluding hydrogens is 306 g/mol. The lowest BCUT2D eigenvalue weighted by atomic mass is 10.1. The van der Waals surface area contributed by atoms with Crippen molar-refractivity contribution in [1.29, 1.82) is 0 Å². The Hall–Kier alpha value is -1.70. The highest BCUT2D eigenvalue weighted by Gasteiger charge is 2.30. The zero-order valence-corrected chi connectivity index (χ0v) is 14.7. The van der Waals surface area contributed by atoms with E-state index >= 15 is 0 Å². The molecule has 2 aromatic heterocycles. The quantitative estimate of drug-likeness (QED) is 0.799. The molecule has 0 unspecified atom stereocenters. The van der Waals surface area contributed by atoms with E-state index in [1.807, 2.05) is 23.3 Å². The van der Waals surface area contributed by atoms with Crippen LogP contribution in [0.4, 0.5) is 0 Å². The lowest BCUT2D eigenvalue weighted by Gasteiger charge is -2.19. The third-order valence-electron chi connectivity index (χ3n) is 4.43. The molecule has 1 fully saturated rings. The fourth-order valence-electron chi connectivity index (χ4n) is 3.13. The third-order valence-corrected chi connectivity index (χ3v) is 4.43. The van der Waals surface area contributed by atoms with E-state index in [1.165, 1.54) is 0 Å². The summed E-state index contributed by atoms with van der Waals surface area (Å²) in [7, 11) is 1.70. The Bertz CT molecular complexity index is 636. The molecule has 0 radical (unpaired) electrons. The molecule has 0 aliphatic carbocycles. The molecule has 0 saturated carbocycles. The molecule has 3 rings (SSSR count). The van der Waals surface area contributed by atoms with Crippen LogP contribution in [0.2, 0.25) is 0 Å². The maximum atomic E-state index is 5.94. The fraction of sp³-hybridized carbons (Fsp3) is 0.647. The maximum Gasteiger partial charge on any atom is 0.122 e. The van der Waals surface area contributed by atoms with Crippen LogP contribution >= 0.6 is 0 Å². The number of hydrogen-bond acceptors (Lipinski definition) is 5. The van der Waals surface area contributed by atoms with Gasteiger partial charge in [0, 0.05) is 50.0 Å². The van der Waals surface area contributed by atoms with Gasteiger partial charge in [-0.25, -0.2) is 4.98 Å². The Kier molecular flexibility index (Phi) is 5.65. The van der Waals surface area contributed by atoms with E-state index in [0.29, 0.717) is 12.6 Å². The van der Waals surface area contributed by atoms with E-state index in [-0.39, 0.29) is 12.1 Å². The smallest absolute Gasteiger partial charge is 0.122 e. The van der Waals surface area contributed by atoms with Crippen molar-refractivity contribution in [3.05, 3.63) is 36.2 Å². The van der Waals surface area contributed by atoms with Crippen LogP contribution in [-0.4, -0.2) is 45.7 Å². The summed E-state index contributed by atoms with van der Waals surface area (Å²) in [5.41, 5.74) is 1.12. The first-order valence-electron chi connectivity index (χ1n) is 8.57. The lowest BCUT2D eigenvalue weighted by molar-refractivity contribution is 0.0981. The number of nitrogens with one attached hydrogen (secondary N) is 1. The zero-order chi connectivity index (χ0) is 16.9. The van der Waals surface area contributed by atoms with Gasteiger partial charge in [0.05, 0.1) is 25.9 Å². The fourth-order valence-corrected chi connectivity index (χ4v) is 3.13. The minimum absolute atomic E-state index is 0.0451. The molecule has 132 valence electrons. The van der Waals surface area contributed by atoms with Crippen molar-refractivity contribution in [2.75, 3.05) is 20.3 Å². The molecule has 1 aliphatic rings. The summed E-state index contributed by atoms with van der Waals surface area (Å²) in [4.78, 5) is 4.46. The van der Waals surface area contributed by atoms with Crippen molar-refractivity contribution in [1.82, 2.24) is 24.6 Å². The van der Waals surface area contributed by atoms with Crippen molar-refractivity contribution >= 4 is 0 Å². The monoisotopic (exact) mass is 333 g/mol. The second kappa shape index (κ2) is 7.92. The van der Waals surface area contributed by atoms with E-state index in [4.69, 9.17) is 9.47 Å². The third kappa shape index (κ3) is 3.85. The zero-order valence-electron chi connectivity index (χ0n) is 14.7. The van der Waals surface area contributed by atoms with Crippen LogP contribution in [0.15, 0.2) is 24.8 Å². The molecule has 0 amide bonds. The lowest BCUT2D eigenvalue weighted by Crippen LogP contribution is -2.32. The van der Waals surface area contributed by atoms with Crippen molar-refractivity contribution in [2.45, 2.75) is 51.5 Å². The van der Waals surface area contributed by atoms with Gasteiger partial charge in [0.2, 0.25) is 0 Å². The maximum absolute atomic E-state index is 5.94. The first-order chi connectivity index (χ1) is 11.7. The van der Waals surface area contributed by atoms with Gasteiger partial charge < -0.3 is 19.4 Å². The van der Waals surface area contributed by atoms with Gasteiger partial charge in [-0.3, -0.25) is 4.68 Å². The van der Waals surface area contributed by atoms with Gasteiger partial charge in [0.15, 0.2) is 0 Å². The van der Waals surface area contributed by atoms with Gasteiger partial charge in [-0.15, -0.1) is 0 Å². The standard InChI is InChI=1S/C17H27N5O2/c1-13(2)22-6-5-18-16(22)11-19-15-4-8-24-17(15)14-10-20-21(12-14)7-9-23-3/h5-6,10,12-13,15,17,19H,4,7-9,11H2,1-3H3/t15-,17+/m0/s1. The predicted molar refractivity (Wildman–Crippen MR) is 90.7 cm³/mol. The largest absolute Gasteiger partial charge is 0.383 e. The summed E-state index contributed by atoms with van der Waals surface area (Å²) in [5, 5.41) is 8.00. The summed E-state index contributed by atoms with van der Waals surface area (Å²) in [5.74, 6) is 1.06. The number of methoxy groups -OCH3 is 1. The molecule has 7 heteroatoms. The summed E-state index contributed by atoms with van der Waals surface area (Å²) >= 11 is 0. The summed E-state index contributed by atoms with van der Waals surface area (Å²) < 4.78 is 15.1. The summed E-state index contributed by atoms with van der Waals surface area (Å²) in [6.45, 7) is 7.26. The van der Waals surface area contributed by atoms with Crippen molar-refractivity contribution in [3.63, 3.8) is 0 Å². The Balaban J connectivity index is 1.61. The second-order valence-corrected chi connectivity index (χ2v) is 6.44. The first kappa shape index (κ1) is 17.1. The van der Waals surface area contributed by atoms with E-state index < -0.39 is 0 Å². The van der Waals surface area contributed by atoms with E-state index in [1.54, 1.807) is 7.11 Å². The molecule has 7 nitrogen and oxygen atoms in total. The number of imidazole rings is 1. The number of nitrogens with zero attached hydrogens (tertiary/aromatic N) is 4. The van der Waals surface area contributed by atoms with Crippen LogP contribution in [0.5, 0.6) is 0 Å². The number of ether oxygens (including phenoxy) is 2. The highest BCUT2D eigenvalue weighted by Crippen LogP contribution is 2.29. The van der Waals surface area contributed by atoms with Gasteiger partial charge >= 0.3 is 0 Å². The minimum Gasteiger partial charge on any atom is -0.383 e. The normalized spacial score (nSPS) is 21.0. The van der Waals surface area contributed by atoms with E-state index in [2.05, 4.69) is 40.0 Å². The second-order valence-electron chi connectivity index (χ2n) is 6.44. The average molecular weight is 333 g/mol. The number of aromatic nitrogens is 4. The first-order valence-corrected chi connectivity index (χ1v) is 8.57. The molecule has 0 bridgehead atoms. The Labute approximate surface area is 143 Å². The molecule has 2 aromatic rings. The number of rotatable bonds is 8. The van der Waals surface area contributed by atoms with Crippen LogP contribution in [0, 0.1) is 0 Å². The Morgan fingerprint density at radius 2 is 2.33 bits per heavy atom. The van der Waals surface area contributed by atoms with Gasteiger partial charge in [-0.1, -0.05) is 0 Å². The summed E-state index contributed by atoms with van der Waals surface area (Å²) in [6, 6.07) is 0.696. The predicted octanol–water partition coefficient (Wildman–Crippen LogP) is 1.93. The Morgan fingerprint density at radius 3 is 3.12 bits per heavy atom. The van der Waals surface area contributed by atoms with Crippen molar-refractivity contribution < 1.29 is 9.47 Å². The van der Waals surface area contributed by atoms with Crippen molar-refractivity contribution in [3.8, 4) is 0 Å². The Morgan fingerprint density at radius 1 is 1.46 bits per heavy atom.